The second kappa shape index (κ2) is 5.98. The lowest BCUT2D eigenvalue weighted by atomic mass is 10.0. The molecule has 0 spiro atoms. The van der Waals surface area contributed by atoms with Crippen LogP contribution in [0.25, 0.3) is 21.9 Å². The Morgan fingerprint density at radius 2 is 2.04 bits per heavy atom. The van der Waals surface area contributed by atoms with Crippen molar-refractivity contribution >= 4 is 33.5 Å². The minimum atomic E-state index is -0.152. The van der Waals surface area contributed by atoms with E-state index in [0.717, 1.165) is 39.0 Å². The molecule has 6 heteroatoms. The standard InChI is InChI=1S/C20H21N5O/c1-11(2)16-10-15(18-12(3)24-25(4)19(18)23-16)20(26)22-14-6-5-13-7-8-21-17(13)9-14/h5-11,21H,1-4H3,(H,22,26). The minimum absolute atomic E-state index is 0.152. The number of hydrogen-bond donors (Lipinski definition) is 2. The predicted octanol–water partition coefficient (Wildman–Crippen LogP) is 4.13. The van der Waals surface area contributed by atoms with Crippen molar-refractivity contribution in [2.45, 2.75) is 26.7 Å². The molecule has 1 amide bonds. The van der Waals surface area contributed by atoms with E-state index in [9.17, 15) is 4.79 Å². The molecule has 3 heterocycles. The highest BCUT2D eigenvalue weighted by Crippen LogP contribution is 2.26. The Labute approximate surface area is 151 Å². The number of aryl methyl sites for hydroxylation is 2. The highest BCUT2D eigenvalue weighted by Gasteiger charge is 2.19. The normalized spacial score (nSPS) is 11.6. The van der Waals surface area contributed by atoms with E-state index in [0.29, 0.717) is 5.56 Å². The summed E-state index contributed by atoms with van der Waals surface area (Å²) in [6.07, 6.45) is 1.89. The van der Waals surface area contributed by atoms with Crippen LogP contribution in [-0.4, -0.2) is 25.7 Å². The van der Waals surface area contributed by atoms with Gasteiger partial charge in [0.15, 0.2) is 5.65 Å². The van der Waals surface area contributed by atoms with Gasteiger partial charge in [-0.1, -0.05) is 19.9 Å². The van der Waals surface area contributed by atoms with E-state index >= 15 is 0 Å². The van der Waals surface area contributed by atoms with Gasteiger partial charge in [0.1, 0.15) is 0 Å². The average Bonchev–Trinajstić information content (AvgIpc) is 3.18. The van der Waals surface area contributed by atoms with Gasteiger partial charge in [-0.25, -0.2) is 4.98 Å². The molecule has 0 bridgehead atoms. The molecule has 0 radical (unpaired) electrons. The van der Waals surface area contributed by atoms with Crippen LogP contribution in [0.1, 0.15) is 41.5 Å². The highest BCUT2D eigenvalue weighted by molar-refractivity contribution is 6.13. The monoisotopic (exact) mass is 347 g/mol. The summed E-state index contributed by atoms with van der Waals surface area (Å²) in [5.74, 6) is 0.0673. The summed E-state index contributed by atoms with van der Waals surface area (Å²) in [6.45, 7) is 6.04. The van der Waals surface area contributed by atoms with E-state index in [-0.39, 0.29) is 11.8 Å². The largest absolute Gasteiger partial charge is 0.361 e. The summed E-state index contributed by atoms with van der Waals surface area (Å²) < 4.78 is 1.73. The lowest BCUT2D eigenvalue weighted by Gasteiger charge is -2.11. The van der Waals surface area contributed by atoms with Gasteiger partial charge >= 0.3 is 0 Å². The Bertz CT molecular complexity index is 1140. The van der Waals surface area contributed by atoms with Crippen molar-refractivity contribution in [1.29, 1.82) is 0 Å². The SMILES string of the molecule is Cc1nn(C)c2nc(C(C)C)cc(C(=O)Nc3ccc4cc[nH]c4c3)c12. The second-order valence-corrected chi connectivity index (χ2v) is 6.89. The number of fused-ring (bicyclic) bond motifs is 2. The Morgan fingerprint density at radius 1 is 1.23 bits per heavy atom. The van der Waals surface area contributed by atoms with Crippen molar-refractivity contribution in [3.8, 4) is 0 Å². The zero-order chi connectivity index (χ0) is 18.4. The Kier molecular flexibility index (Phi) is 3.76. The van der Waals surface area contributed by atoms with Crippen LogP contribution in [0.5, 0.6) is 0 Å². The maximum absolute atomic E-state index is 13.1. The van der Waals surface area contributed by atoms with Crippen LogP contribution >= 0.6 is 0 Å². The lowest BCUT2D eigenvalue weighted by molar-refractivity contribution is 0.102. The number of amides is 1. The van der Waals surface area contributed by atoms with Crippen LogP contribution in [0.15, 0.2) is 36.5 Å². The van der Waals surface area contributed by atoms with Gasteiger partial charge in [-0.3, -0.25) is 9.48 Å². The molecule has 0 saturated heterocycles. The first-order valence-corrected chi connectivity index (χ1v) is 8.67. The van der Waals surface area contributed by atoms with Crippen molar-refractivity contribution in [1.82, 2.24) is 19.7 Å². The molecule has 132 valence electrons. The number of benzene rings is 1. The van der Waals surface area contributed by atoms with Gasteiger partial charge < -0.3 is 10.3 Å². The molecular formula is C20H21N5O. The summed E-state index contributed by atoms with van der Waals surface area (Å²) in [7, 11) is 1.85. The molecule has 0 unspecified atom stereocenters. The molecule has 0 aliphatic carbocycles. The number of carbonyl (C=O) groups excluding carboxylic acids is 1. The van der Waals surface area contributed by atoms with Crippen LogP contribution in [0.2, 0.25) is 0 Å². The Balaban J connectivity index is 1.80. The number of nitrogens with one attached hydrogen (secondary N) is 2. The quantitative estimate of drug-likeness (QED) is 0.585. The minimum Gasteiger partial charge on any atom is -0.361 e. The fourth-order valence-electron chi connectivity index (χ4n) is 3.26. The van der Waals surface area contributed by atoms with Crippen LogP contribution in [-0.2, 0) is 7.05 Å². The van der Waals surface area contributed by atoms with E-state index in [4.69, 9.17) is 4.98 Å². The Morgan fingerprint density at radius 3 is 2.81 bits per heavy atom. The van der Waals surface area contributed by atoms with E-state index < -0.39 is 0 Å². The van der Waals surface area contributed by atoms with Gasteiger partial charge in [-0.2, -0.15) is 5.10 Å². The van der Waals surface area contributed by atoms with E-state index in [1.165, 1.54) is 0 Å². The van der Waals surface area contributed by atoms with Gasteiger partial charge in [0.2, 0.25) is 0 Å². The third kappa shape index (κ3) is 2.63. The van der Waals surface area contributed by atoms with Crippen LogP contribution in [0.4, 0.5) is 5.69 Å². The molecule has 3 aromatic heterocycles. The van der Waals surface area contributed by atoms with Gasteiger partial charge in [-0.15, -0.1) is 0 Å². The molecule has 6 nitrogen and oxygen atoms in total. The molecule has 0 aliphatic rings. The van der Waals surface area contributed by atoms with Gasteiger partial charge in [-0.05, 0) is 42.5 Å². The molecule has 0 saturated carbocycles. The van der Waals surface area contributed by atoms with E-state index in [1.807, 2.05) is 50.5 Å². The maximum Gasteiger partial charge on any atom is 0.256 e. The zero-order valence-electron chi connectivity index (χ0n) is 15.3. The number of carbonyl (C=O) groups is 1. The topological polar surface area (TPSA) is 75.6 Å². The highest BCUT2D eigenvalue weighted by atomic mass is 16.1. The zero-order valence-corrected chi connectivity index (χ0v) is 15.3. The van der Waals surface area contributed by atoms with Crippen molar-refractivity contribution in [2.75, 3.05) is 5.32 Å². The number of anilines is 1. The fourth-order valence-corrected chi connectivity index (χ4v) is 3.26. The van der Waals surface area contributed by atoms with Crippen LogP contribution in [0, 0.1) is 6.92 Å². The molecule has 0 fully saturated rings. The number of H-pyrrole nitrogens is 1. The summed E-state index contributed by atoms with van der Waals surface area (Å²) in [4.78, 5) is 20.9. The van der Waals surface area contributed by atoms with E-state index in [1.54, 1.807) is 4.68 Å². The number of hydrogen-bond acceptors (Lipinski definition) is 3. The molecule has 26 heavy (non-hydrogen) atoms. The van der Waals surface area contributed by atoms with Crippen LogP contribution < -0.4 is 5.32 Å². The van der Waals surface area contributed by atoms with Crippen molar-refractivity contribution in [3.63, 3.8) is 0 Å². The average molecular weight is 347 g/mol. The Hall–Kier alpha value is -3.15. The van der Waals surface area contributed by atoms with Crippen molar-refractivity contribution < 1.29 is 4.79 Å². The molecule has 4 aromatic rings. The molecule has 0 atom stereocenters. The second-order valence-electron chi connectivity index (χ2n) is 6.89. The molecule has 4 rings (SSSR count). The first-order valence-electron chi connectivity index (χ1n) is 8.67. The smallest absolute Gasteiger partial charge is 0.256 e. The lowest BCUT2D eigenvalue weighted by Crippen LogP contribution is -2.14. The van der Waals surface area contributed by atoms with Crippen LogP contribution in [0.3, 0.4) is 0 Å². The first kappa shape index (κ1) is 16.3. The number of rotatable bonds is 3. The van der Waals surface area contributed by atoms with Gasteiger partial charge in [0.05, 0.1) is 16.6 Å². The third-order valence-electron chi connectivity index (χ3n) is 4.64. The maximum atomic E-state index is 13.1. The number of pyridine rings is 1. The van der Waals surface area contributed by atoms with Gasteiger partial charge in [0.25, 0.3) is 5.91 Å². The molecule has 2 N–H and O–H groups in total. The summed E-state index contributed by atoms with van der Waals surface area (Å²) in [5, 5.41) is 9.37. The van der Waals surface area contributed by atoms with E-state index in [2.05, 4.69) is 29.2 Å². The molecule has 1 aromatic carbocycles. The summed E-state index contributed by atoms with van der Waals surface area (Å²) >= 11 is 0. The first-order chi connectivity index (χ1) is 12.4. The van der Waals surface area contributed by atoms with Crippen molar-refractivity contribution in [2.24, 2.45) is 7.05 Å². The third-order valence-corrected chi connectivity index (χ3v) is 4.64. The molecular weight excluding hydrogens is 326 g/mol. The number of nitrogens with zero attached hydrogens (tertiary/aromatic N) is 3. The number of aromatic amines is 1. The van der Waals surface area contributed by atoms with Crippen molar-refractivity contribution in [3.05, 3.63) is 53.5 Å². The van der Waals surface area contributed by atoms with Gasteiger partial charge in [0, 0.05) is 30.1 Å². The summed E-state index contributed by atoms with van der Waals surface area (Å²) in [6, 6.07) is 9.71. The fraction of sp³-hybridized carbons (Fsp3) is 0.250. The molecule has 0 aliphatic heterocycles. The predicted molar refractivity (Wildman–Crippen MR) is 104 cm³/mol. The summed E-state index contributed by atoms with van der Waals surface area (Å²) in [5.41, 5.74) is 4.76. The number of aromatic nitrogens is 4.